The molecule has 2 N–H and O–H groups in total. The fourth-order valence-electron chi connectivity index (χ4n) is 2.30. The van der Waals surface area contributed by atoms with Gasteiger partial charge in [0.2, 0.25) is 0 Å². The summed E-state index contributed by atoms with van der Waals surface area (Å²) in [5.74, 6) is -1.03. The topological polar surface area (TPSA) is 90.4 Å². The molecule has 0 bridgehead atoms. The van der Waals surface area contributed by atoms with Crippen molar-refractivity contribution in [2.24, 2.45) is 0 Å². The number of nitrogens with zero attached hydrogens (tertiary/aromatic N) is 3. The van der Waals surface area contributed by atoms with Gasteiger partial charge in [0.05, 0.1) is 17.3 Å². The average Bonchev–Trinajstić information content (AvgIpc) is 3.00. The highest BCUT2D eigenvalue weighted by atomic mass is 16.4. The Labute approximate surface area is 126 Å². The fourth-order valence-corrected chi connectivity index (χ4v) is 2.30. The maximum absolute atomic E-state index is 11.5. The van der Waals surface area contributed by atoms with Gasteiger partial charge < -0.3 is 10.4 Å². The van der Waals surface area contributed by atoms with Gasteiger partial charge in [-0.2, -0.15) is 5.26 Å². The lowest BCUT2D eigenvalue weighted by Gasteiger charge is -2.11. The zero-order valence-electron chi connectivity index (χ0n) is 11.5. The molecule has 0 amide bonds. The molecule has 0 saturated carbocycles. The van der Waals surface area contributed by atoms with E-state index in [0.717, 1.165) is 5.56 Å². The normalized spacial score (nSPS) is 10.3. The van der Waals surface area contributed by atoms with Crippen molar-refractivity contribution in [1.29, 1.82) is 5.26 Å². The lowest BCUT2D eigenvalue weighted by atomic mass is 10.1. The van der Waals surface area contributed by atoms with E-state index in [1.165, 1.54) is 4.40 Å². The molecule has 6 heteroatoms. The number of aromatic carboxylic acids is 1. The molecule has 108 valence electrons. The van der Waals surface area contributed by atoms with Crippen molar-refractivity contribution in [2.75, 3.05) is 5.32 Å². The molecular formula is C16H12N4O2. The molecule has 0 aliphatic rings. The summed E-state index contributed by atoms with van der Waals surface area (Å²) >= 11 is 0. The number of anilines is 1. The van der Waals surface area contributed by atoms with Crippen molar-refractivity contribution < 1.29 is 9.90 Å². The average molecular weight is 292 g/mol. The van der Waals surface area contributed by atoms with Crippen LogP contribution >= 0.6 is 0 Å². The number of hydrogen-bond acceptors (Lipinski definition) is 4. The first kappa shape index (κ1) is 13.6. The summed E-state index contributed by atoms with van der Waals surface area (Å²) in [5.41, 5.74) is 2.69. The molecule has 3 aromatic rings. The van der Waals surface area contributed by atoms with Gasteiger partial charge in [0, 0.05) is 18.9 Å². The van der Waals surface area contributed by atoms with E-state index in [-0.39, 0.29) is 5.69 Å². The maximum atomic E-state index is 11.5. The largest absolute Gasteiger partial charge is 0.476 e. The first-order chi connectivity index (χ1) is 10.7. The first-order valence-corrected chi connectivity index (χ1v) is 6.61. The maximum Gasteiger partial charge on any atom is 0.355 e. The van der Waals surface area contributed by atoms with Crippen LogP contribution in [0.4, 0.5) is 5.69 Å². The van der Waals surface area contributed by atoms with Crippen LogP contribution in [0.1, 0.15) is 21.6 Å². The predicted molar refractivity (Wildman–Crippen MR) is 80.6 cm³/mol. The number of hydrogen-bond donors (Lipinski definition) is 2. The van der Waals surface area contributed by atoms with Crippen LogP contribution in [0.2, 0.25) is 0 Å². The molecule has 2 aromatic heterocycles. The quantitative estimate of drug-likeness (QED) is 0.771. The predicted octanol–water partition coefficient (Wildman–Crippen LogP) is 2.52. The molecule has 0 aliphatic heterocycles. The van der Waals surface area contributed by atoms with Crippen LogP contribution in [-0.4, -0.2) is 20.5 Å². The zero-order chi connectivity index (χ0) is 15.5. The van der Waals surface area contributed by atoms with Gasteiger partial charge in [-0.05, 0) is 29.8 Å². The molecule has 3 rings (SSSR count). The summed E-state index contributed by atoms with van der Waals surface area (Å²) < 4.78 is 1.52. The molecule has 6 nitrogen and oxygen atoms in total. The SMILES string of the molecule is N#Cc1cccc(CNc2ccc3nccn3c2C(=O)O)c1. The number of carbonyl (C=O) groups is 1. The second-order valence-corrected chi connectivity index (χ2v) is 4.72. The summed E-state index contributed by atoms with van der Waals surface area (Å²) in [6.45, 7) is 0.427. The minimum Gasteiger partial charge on any atom is -0.476 e. The van der Waals surface area contributed by atoms with Crippen molar-refractivity contribution in [3.8, 4) is 6.07 Å². The van der Waals surface area contributed by atoms with E-state index in [1.54, 1.807) is 42.7 Å². The van der Waals surface area contributed by atoms with Crippen molar-refractivity contribution in [3.05, 3.63) is 65.6 Å². The smallest absolute Gasteiger partial charge is 0.355 e. The van der Waals surface area contributed by atoms with E-state index in [2.05, 4.69) is 16.4 Å². The van der Waals surface area contributed by atoms with Gasteiger partial charge in [-0.1, -0.05) is 12.1 Å². The van der Waals surface area contributed by atoms with Crippen molar-refractivity contribution >= 4 is 17.3 Å². The number of pyridine rings is 1. The Kier molecular flexibility index (Phi) is 3.46. The van der Waals surface area contributed by atoms with E-state index in [4.69, 9.17) is 5.26 Å². The fraction of sp³-hybridized carbons (Fsp3) is 0.0625. The second-order valence-electron chi connectivity index (χ2n) is 4.72. The summed E-state index contributed by atoms with van der Waals surface area (Å²) in [4.78, 5) is 15.6. The summed E-state index contributed by atoms with van der Waals surface area (Å²) in [7, 11) is 0. The number of carboxylic acids is 1. The number of rotatable bonds is 4. The lowest BCUT2D eigenvalue weighted by Crippen LogP contribution is -2.11. The summed E-state index contributed by atoms with van der Waals surface area (Å²) in [6.07, 6.45) is 3.17. The van der Waals surface area contributed by atoms with Crippen molar-refractivity contribution in [2.45, 2.75) is 6.54 Å². The van der Waals surface area contributed by atoms with Gasteiger partial charge >= 0.3 is 5.97 Å². The van der Waals surface area contributed by atoms with E-state index >= 15 is 0 Å². The van der Waals surface area contributed by atoms with E-state index in [9.17, 15) is 9.90 Å². The summed E-state index contributed by atoms with van der Waals surface area (Å²) in [6, 6.07) is 12.7. The third-order valence-electron chi connectivity index (χ3n) is 3.31. The Bertz CT molecular complexity index is 893. The zero-order valence-corrected chi connectivity index (χ0v) is 11.5. The molecule has 0 fully saturated rings. The van der Waals surface area contributed by atoms with Crippen LogP contribution in [0, 0.1) is 11.3 Å². The monoisotopic (exact) mass is 292 g/mol. The highest BCUT2D eigenvalue weighted by Gasteiger charge is 2.14. The Morgan fingerprint density at radius 3 is 3.00 bits per heavy atom. The number of carboxylic acid groups (broad SMARTS) is 1. The van der Waals surface area contributed by atoms with Crippen molar-refractivity contribution in [3.63, 3.8) is 0 Å². The number of nitriles is 1. The molecule has 1 aromatic carbocycles. The van der Waals surface area contributed by atoms with Gasteiger partial charge in [0.15, 0.2) is 5.69 Å². The Morgan fingerprint density at radius 2 is 2.23 bits per heavy atom. The van der Waals surface area contributed by atoms with Crippen LogP contribution in [-0.2, 0) is 6.54 Å². The first-order valence-electron chi connectivity index (χ1n) is 6.61. The Balaban J connectivity index is 1.92. The van der Waals surface area contributed by atoms with Crippen LogP contribution in [0.25, 0.3) is 5.65 Å². The number of nitrogens with one attached hydrogen (secondary N) is 1. The highest BCUT2D eigenvalue weighted by molar-refractivity contribution is 5.93. The summed E-state index contributed by atoms with van der Waals surface area (Å²) in [5, 5.41) is 21.4. The van der Waals surface area contributed by atoms with Gasteiger partial charge in [-0.3, -0.25) is 4.40 Å². The molecule has 0 spiro atoms. The Morgan fingerprint density at radius 1 is 1.36 bits per heavy atom. The second kappa shape index (κ2) is 5.58. The van der Waals surface area contributed by atoms with E-state index in [0.29, 0.717) is 23.4 Å². The van der Waals surface area contributed by atoms with Crippen LogP contribution in [0.5, 0.6) is 0 Å². The minimum absolute atomic E-state index is 0.131. The van der Waals surface area contributed by atoms with Gasteiger partial charge in [0.25, 0.3) is 0 Å². The van der Waals surface area contributed by atoms with Crippen molar-refractivity contribution in [1.82, 2.24) is 9.38 Å². The van der Waals surface area contributed by atoms with Crippen LogP contribution < -0.4 is 5.32 Å². The highest BCUT2D eigenvalue weighted by Crippen LogP contribution is 2.19. The van der Waals surface area contributed by atoms with E-state index in [1.807, 2.05) is 6.07 Å². The molecule has 22 heavy (non-hydrogen) atoms. The molecular weight excluding hydrogens is 280 g/mol. The number of fused-ring (bicyclic) bond motifs is 1. The molecule has 0 aliphatic carbocycles. The van der Waals surface area contributed by atoms with Gasteiger partial charge in [-0.15, -0.1) is 0 Å². The minimum atomic E-state index is -1.03. The molecule has 0 saturated heterocycles. The third-order valence-corrected chi connectivity index (χ3v) is 3.31. The van der Waals surface area contributed by atoms with E-state index < -0.39 is 5.97 Å². The Hall–Kier alpha value is -3.33. The molecule has 2 heterocycles. The number of imidazole rings is 1. The molecule has 0 unspecified atom stereocenters. The van der Waals surface area contributed by atoms with Crippen LogP contribution in [0.3, 0.4) is 0 Å². The standard InChI is InChI=1S/C16H12N4O2/c17-9-11-2-1-3-12(8-11)10-19-13-4-5-14-18-6-7-20(14)15(13)16(21)22/h1-8,19H,10H2,(H,21,22). The van der Waals surface area contributed by atoms with Crippen LogP contribution in [0.15, 0.2) is 48.8 Å². The van der Waals surface area contributed by atoms with Gasteiger partial charge in [0.1, 0.15) is 5.65 Å². The number of aromatic nitrogens is 2. The third kappa shape index (κ3) is 2.47. The van der Waals surface area contributed by atoms with Gasteiger partial charge in [-0.25, -0.2) is 9.78 Å². The lowest BCUT2D eigenvalue weighted by molar-refractivity contribution is 0.0690. The number of benzene rings is 1. The molecule has 0 atom stereocenters. The molecule has 0 radical (unpaired) electrons.